The van der Waals surface area contributed by atoms with Gasteiger partial charge in [0.2, 0.25) is 15.9 Å². The highest BCUT2D eigenvalue weighted by Crippen LogP contribution is 2.29. The molecule has 0 spiro atoms. The third kappa shape index (κ3) is 4.87. The van der Waals surface area contributed by atoms with E-state index in [2.05, 4.69) is 10.6 Å². The van der Waals surface area contributed by atoms with Crippen molar-refractivity contribution in [1.29, 1.82) is 0 Å². The quantitative estimate of drug-likeness (QED) is 0.675. The average Bonchev–Trinajstić information content (AvgIpc) is 2.61. The number of anilines is 2. The zero-order valence-electron chi connectivity index (χ0n) is 14.6. The number of carbonyl (C=O) groups is 1. The van der Waals surface area contributed by atoms with Gasteiger partial charge in [0.15, 0.2) is 0 Å². The fraction of sp³-hybridized carbons (Fsp3) is 0.235. The maximum Gasteiger partial charge on any atom is 0.246 e. The number of primary sulfonamides is 1. The lowest BCUT2D eigenvalue weighted by molar-refractivity contribution is -0.116. The molecule has 1 amide bonds. The smallest absolute Gasteiger partial charge is 0.246 e. The maximum atomic E-state index is 12.4. The van der Waals surface area contributed by atoms with Crippen molar-refractivity contribution in [2.45, 2.75) is 17.9 Å². The predicted molar refractivity (Wildman–Crippen MR) is 99.1 cm³/mol. The van der Waals surface area contributed by atoms with E-state index in [-0.39, 0.29) is 10.8 Å². The zero-order chi connectivity index (χ0) is 19.3. The molecule has 0 unspecified atom stereocenters. The summed E-state index contributed by atoms with van der Waals surface area (Å²) < 4.78 is 33.2. The largest absolute Gasteiger partial charge is 0.497 e. The molecule has 8 nitrogen and oxygen atoms in total. The lowest BCUT2D eigenvalue weighted by Crippen LogP contribution is -2.32. The van der Waals surface area contributed by atoms with E-state index in [1.54, 1.807) is 38.3 Å². The van der Waals surface area contributed by atoms with Crippen LogP contribution in [0.4, 0.5) is 11.4 Å². The van der Waals surface area contributed by atoms with Crippen LogP contribution < -0.4 is 25.2 Å². The molecule has 9 heteroatoms. The van der Waals surface area contributed by atoms with Gasteiger partial charge in [0.1, 0.15) is 17.5 Å². The van der Waals surface area contributed by atoms with Gasteiger partial charge in [-0.1, -0.05) is 6.07 Å². The minimum absolute atomic E-state index is 0.0762. The number of benzene rings is 2. The molecule has 0 aromatic heterocycles. The van der Waals surface area contributed by atoms with Crippen LogP contribution in [0.1, 0.15) is 6.92 Å². The van der Waals surface area contributed by atoms with Crippen molar-refractivity contribution in [1.82, 2.24) is 0 Å². The standard InChI is InChI=1S/C17H21N3O5S/c1-11(19-15-8-7-13(24-2)10-16(15)25-3)17(21)20-12-5-4-6-14(9-12)26(18,22)23/h4-11,19H,1-3H3,(H,20,21)(H2,18,22,23)/t11-/m1/s1. The summed E-state index contributed by atoms with van der Waals surface area (Å²) in [6.45, 7) is 1.67. The molecule has 0 saturated carbocycles. The Labute approximate surface area is 152 Å². The molecule has 0 fully saturated rings. The van der Waals surface area contributed by atoms with Crippen molar-refractivity contribution >= 4 is 27.3 Å². The van der Waals surface area contributed by atoms with Crippen LogP contribution in [0.5, 0.6) is 11.5 Å². The van der Waals surface area contributed by atoms with Gasteiger partial charge in [0, 0.05) is 11.8 Å². The number of ether oxygens (including phenoxy) is 2. The number of hydrogen-bond acceptors (Lipinski definition) is 6. The van der Waals surface area contributed by atoms with Crippen molar-refractivity contribution in [3.05, 3.63) is 42.5 Å². The molecule has 0 bridgehead atoms. The summed E-state index contributed by atoms with van der Waals surface area (Å²) in [4.78, 5) is 12.3. The maximum absolute atomic E-state index is 12.4. The van der Waals surface area contributed by atoms with Gasteiger partial charge in [-0.2, -0.15) is 0 Å². The molecule has 0 saturated heterocycles. The molecule has 2 rings (SSSR count). The number of amides is 1. The van der Waals surface area contributed by atoms with Gasteiger partial charge in [0.05, 0.1) is 24.8 Å². The fourth-order valence-corrected chi connectivity index (χ4v) is 2.78. The van der Waals surface area contributed by atoms with E-state index >= 15 is 0 Å². The lowest BCUT2D eigenvalue weighted by atomic mass is 10.2. The number of nitrogens with one attached hydrogen (secondary N) is 2. The summed E-state index contributed by atoms with van der Waals surface area (Å²) in [5.41, 5.74) is 0.950. The first kappa shape index (κ1) is 19.5. The molecule has 0 aliphatic rings. The average molecular weight is 379 g/mol. The molecule has 0 aliphatic heterocycles. The van der Waals surface area contributed by atoms with Crippen molar-refractivity contribution in [2.75, 3.05) is 24.9 Å². The van der Waals surface area contributed by atoms with Gasteiger partial charge in [0.25, 0.3) is 0 Å². The molecule has 2 aromatic carbocycles. The van der Waals surface area contributed by atoms with Crippen molar-refractivity contribution in [2.24, 2.45) is 5.14 Å². The first-order chi connectivity index (χ1) is 12.2. The summed E-state index contributed by atoms with van der Waals surface area (Å²) in [7, 11) is -0.774. The van der Waals surface area contributed by atoms with Crippen LogP contribution in [0.15, 0.2) is 47.4 Å². The second-order valence-electron chi connectivity index (χ2n) is 5.49. The zero-order valence-corrected chi connectivity index (χ0v) is 15.5. The van der Waals surface area contributed by atoms with Gasteiger partial charge in [-0.25, -0.2) is 13.6 Å². The van der Waals surface area contributed by atoms with Crippen molar-refractivity contribution < 1.29 is 22.7 Å². The Kier molecular flexibility index (Phi) is 6.06. The molecular weight excluding hydrogens is 358 g/mol. The Morgan fingerprint density at radius 3 is 2.46 bits per heavy atom. The van der Waals surface area contributed by atoms with Crippen LogP contribution in [0.2, 0.25) is 0 Å². The monoisotopic (exact) mass is 379 g/mol. The third-order valence-electron chi connectivity index (χ3n) is 3.60. The van der Waals surface area contributed by atoms with Crippen molar-refractivity contribution in [3.8, 4) is 11.5 Å². The van der Waals surface area contributed by atoms with Gasteiger partial charge in [-0.3, -0.25) is 4.79 Å². The fourth-order valence-electron chi connectivity index (χ4n) is 2.22. The highest BCUT2D eigenvalue weighted by molar-refractivity contribution is 7.89. The second-order valence-corrected chi connectivity index (χ2v) is 7.06. The summed E-state index contributed by atoms with van der Waals surface area (Å²) in [6.07, 6.45) is 0. The molecule has 4 N–H and O–H groups in total. The molecule has 140 valence electrons. The molecule has 0 radical (unpaired) electrons. The third-order valence-corrected chi connectivity index (χ3v) is 4.52. The molecule has 0 aliphatic carbocycles. The number of methoxy groups -OCH3 is 2. The van der Waals surface area contributed by atoms with E-state index in [0.29, 0.717) is 22.9 Å². The number of sulfonamides is 1. The first-order valence-corrected chi connectivity index (χ1v) is 9.21. The summed E-state index contributed by atoms with van der Waals surface area (Å²) in [6, 6.07) is 10.3. The van der Waals surface area contributed by atoms with E-state index in [0.717, 1.165) is 0 Å². The van der Waals surface area contributed by atoms with E-state index in [9.17, 15) is 13.2 Å². The predicted octanol–water partition coefficient (Wildman–Crippen LogP) is 1.79. The Balaban J connectivity index is 2.11. The van der Waals surface area contributed by atoms with E-state index in [1.165, 1.54) is 25.3 Å². The minimum atomic E-state index is -3.84. The van der Waals surface area contributed by atoms with E-state index in [1.807, 2.05) is 0 Å². The number of carbonyl (C=O) groups excluding carboxylic acids is 1. The topological polar surface area (TPSA) is 120 Å². The normalized spacial score (nSPS) is 12.2. The number of hydrogen-bond donors (Lipinski definition) is 3. The van der Waals surface area contributed by atoms with Crippen molar-refractivity contribution in [3.63, 3.8) is 0 Å². The number of nitrogens with two attached hydrogens (primary N) is 1. The molecule has 1 atom stereocenters. The SMILES string of the molecule is COc1ccc(N[C@H](C)C(=O)Nc2cccc(S(N)(=O)=O)c2)c(OC)c1. The van der Waals surface area contributed by atoms with Crippen LogP contribution in [0, 0.1) is 0 Å². The van der Waals surface area contributed by atoms with E-state index in [4.69, 9.17) is 14.6 Å². The second kappa shape index (κ2) is 8.07. The van der Waals surface area contributed by atoms with Crippen LogP contribution in [0.3, 0.4) is 0 Å². The summed E-state index contributed by atoms with van der Waals surface area (Å²) in [5, 5.41) is 10.8. The molecule has 0 heterocycles. The van der Waals surface area contributed by atoms with Gasteiger partial charge >= 0.3 is 0 Å². The first-order valence-electron chi connectivity index (χ1n) is 7.67. The van der Waals surface area contributed by atoms with E-state index < -0.39 is 16.1 Å². The Morgan fingerprint density at radius 2 is 1.85 bits per heavy atom. The van der Waals surface area contributed by atoms with Crippen LogP contribution >= 0.6 is 0 Å². The van der Waals surface area contributed by atoms with Gasteiger partial charge in [-0.15, -0.1) is 0 Å². The Hall–Kier alpha value is -2.78. The minimum Gasteiger partial charge on any atom is -0.497 e. The molecule has 26 heavy (non-hydrogen) atoms. The Bertz CT molecular complexity index is 899. The van der Waals surface area contributed by atoms with Gasteiger partial charge in [-0.05, 0) is 37.3 Å². The summed E-state index contributed by atoms with van der Waals surface area (Å²) in [5.74, 6) is 0.805. The highest BCUT2D eigenvalue weighted by atomic mass is 32.2. The number of rotatable bonds is 7. The van der Waals surface area contributed by atoms with Crippen LogP contribution in [-0.4, -0.2) is 34.6 Å². The lowest BCUT2D eigenvalue weighted by Gasteiger charge is -2.18. The van der Waals surface area contributed by atoms with Crippen LogP contribution in [-0.2, 0) is 14.8 Å². The van der Waals surface area contributed by atoms with Gasteiger partial charge < -0.3 is 20.1 Å². The highest BCUT2D eigenvalue weighted by Gasteiger charge is 2.16. The van der Waals surface area contributed by atoms with Crippen LogP contribution in [0.25, 0.3) is 0 Å². The molecular formula is C17H21N3O5S. The summed E-state index contributed by atoms with van der Waals surface area (Å²) >= 11 is 0. The Morgan fingerprint density at radius 1 is 1.12 bits per heavy atom. The molecule has 2 aromatic rings.